The summed E-state index contributed by atoms with van der Waals surface area (Å²) in [5.41, 5.74) is 0.363. The van der Waals surface area contributed by atoms with Gasteiger partial charge in [0.15, 0.2) is 16.7 Å². The highest BCUT2D eigenvalue weighted by molar-refractivity contribution is 6.29. The summed E-state index contributed by atoms with van der Waals surface area (Å²) in [5, 5.41) is 22.7. The van der Waals surface area contributed by atoms with Crippen LogP contribution in [-0.2, 0) is 7.05 Å². The first kappa shape index (κ1) is 12.0. The maximum atomic E-state index is 11.8. The molecule has 0 saturated carbocycles. The smallest absolute Gasteiger partial charge is 0.277 e. The number of nitrogens with zero attached hydrogens (tertiary/aromatic N) is 5. The van der Waals surface area contributed by atoms with E-state index in [1.54, 1.807) is 7.05 Å². The normalized spacial score (nSPS) is 9.83. The number of aromatic nitrogens is 4. The predicted octanol–water partition coefficient (Wildman–Crippen LogP) is 0.987. The molecular weight excluding hydrogens is 256 g/mol. The SMILES string of the molecule is Cn1cc(C#N)c(NC(=O)c2ccc(Cl)nn2)n1. The number of halogens is 1. The highest BCUT2D eigenvalue weighted by atomic mass is 35.5. The third-order valence-electron chi connectivity index (χ3n) is 2.05. The second-order valence-corrected chi connectivity index (χ2v) is 3.76. The van der Waals surface area contributed by atoms with E-state index in [-0.39, 0.29) is 22.2 Å². The Morgan fingerprint density at radius 3 is 2.89 bits per heavy atom. The van der Waals surface area contributed by atoms with Gasteiger partial charge in [-0.15, -0.1) is 10.2 Å². The third kappa shape index (κ3) is 2.44. The second-order valence-electron chi connectivity index (χ2n) is 3.37. The minimum absolute atomic E-state index is 0.0916. The molecule has 0 aliphatic carbocycles. The fraction of sp³-hybridized carbons (Fsp3) is 0.100. The molecule has 0 saturated heterocycles. The van der Waals surface area contributed by atoms with Crippen LogP contribution in [0.3, 0.4) is 0 Å². The molecule has 7 nitrogen and oxygen atoms in total. The van der Waals surface area contributed by atoms with E-state index in [1.807, 2.05) is 6.07 Å². The maximum absolute atomic E-state index is 11.8. The highest BCUT2D eigenvalue weighted by Crippen LogP contribution is 2.12. The molecule has 0 spiro atoms. The van der Waals surface area contributed by atoms with E-state index in [0.717, 1.165) is 0 Å². The average molecular weight is 263 g/mol. The van der Waals surface area contributed by atoms with Gasteiger partial charge in [0, 0.05) is 13.2 Å². The highest BCUT2D eigenvalue weighted by Gasteiger charge is 2.13. The Balaban J connectivity index is 2.21. The molecule has 1 amide bonds. The molecule has 2 rings (SSSR count). The Morgan fingerprint density at radius 2 is 2.28 bits per heavy atom. The Hall–Kier alpha value is -2.46. The molecule has 2 heterocycles. The Morgan fingerprint density at radius 1 is 1.50 bits per heavy atom. The van der Waals surface area contributed by atoms with E-state index in [4.69, 9.17) is 16.9 Å². The van der Waals surface area contributed by atoms with E-state index in [1.165, 1.54) is 23.0 Å². The predicted molar refractivity (Wildman–Crippen MR) is 62.9 cm³/mol. The van der Waals surface area contributed by atoms with Crippen LogP contribution in [0.2, 0.25) is 5.15 Å². The molecule has 8 heteroatoms. The first-order chi connectivity index (χ1) is 8.60. The van der Waals surface area contributed by atoms with E-state index in [0.29, 0.717) is 0 Å². The van der Waals surface area contributed by atoms with Gasteiger partial charge in [-0.3, -0.25) is 9.48 Å². The summed E-state index contributed by atoms with van der Waals surface area (Å²) in [6.45, 7) is 0. The standard InChI is InChI=1S/C10H7ClN6O/c1-17-5-6(4-12)9(16-17)13-10(18)7-2-3-8(11)15-14-7/h2-3,5H,1H3,(H,13,16,18). The number of rotatable bonds is 2. The second kappa shape index (κ2) is 4.81. The molecule has 0 aromatic carbocycles. The first-order valence-electron chi connectivity index (χ1n) is 4.84. The van der Waals surface area contributed by atoms with Crippen LogP contribution in [-0.4, -0.2) is 25.9 Å². The van der Waals surface area contributed by atoms with Gasteiger partial charge >= 0.3 is 0 Å². The summed E-state index contributed by atoms with van der Waals surface area (Å²) in [5.74, 6) is -0.323. The summed E-state index contributed by atoms with van der Waals surface area (Å²) >= 11 is 5.56. The van der Waals surface area contributed by atoms with Gasteiger partial charge in [-0.25, -0.2) is 0 Å². The van der Waals surface area contributed by atoms with Gasteiger partial charge in [0.25, 0.3) is 5.91 Å². The number of hydrogen-bond acceptors (Lipinski definition) is 5. The van der Waals surface area contributed by atoms with E-state index < -0.39 is 5.91 Å². The molecule has 0 aliphatic rings. The largest absolute Gasteiger partial charge is 0.303 e. The Kier molecular flexibility index (Phi) is 3.21. The van der Waals surface area contributed by atoms with Crippen molar-refractivity contribution in [2.45, 2.75) is 0 Å². The lowest BCUT2D eigenvalue weighted by Crippen LogP contribution is -2.15. The molecule has 2 aromatic rings. The zero-order chi connectivity index (χ0) is 13.1. The number of anilines is 1. The summed E-state index contributed by atoms with van der Waals surface area (Å²) in [4.78, 5) is 11.8. The topological polar surface area (TPSA) is 96.5 Å². The lowest BCUT2D eigenvalue weighted by molar-refractivity contribution is 0.102. The lowest BCUT2D eigenvalue weighted by atomic mass is 10.3. The summed E-state index contributed by atoms with van der Waals surface area (Å²) < 4.78 is 1.43. The summed E-state index contributed by atoms with van der Waals surface area (Å²) in [6, 6.07) is 4.81. The quantitative estimate of drug-likeness (QED) is 0.870. The molecule has 0 bridgehead atoms. The van der Waals surface area contributed by atoms with E-state index in [9.17, 15) is 4.79 Å². The molecule has 0 radical (unpaired) electrons. The molecule has 0 aliphatic heterocycles. The van der Waals surface area contributed by atoms with Crippen molar-refractivity contribution in [2.75, 3.05) is 5.32 Å². The van der Waals surface area contributed by atoms with Crippen molar-refractivity contribution in [3.05, 3.63) is 34.7 Å². The number of carbonyl (C=O) groups is 1. The number of hydrogen-bond donors (Lipinski definition) is 1. The minimum atomic E-state index is -0.505. The molecule has 0 fully saturated rings. The number of nitriles is 1. The first-order valence-corrected chi connectivity index (χ1v) is 5.22. The number of aryl methyl sites for hydroxylation is 1. The number of amides is 1. The van der Waals surface area contributed by atoms with Crippen LogP contribution in [0.15, 0.2) is 18.3 Å². The molecular formula is C10H7ClN6O. The van der Waals surface area contributed by atoms with Crippen LogP contribution in [0.1, 0.15) is 16.1 Å². The van der Waals surface area contributed by atoms with Crippen LogP contribution >= 0.6 is 11.6 Å². The van der Waals surface area contributed by atoms with E-state index in [2.05, 4.69) is 20.6 Å². The fourth-order valence-electron chi connectivity index (χ4n) is 1.27. The van der Waals surface area contributed by atoms with Crippen molar-refractivity contribution in [3.8, 4) is 6.07 Å². The zero-order valence-electron chi connectivity index (χ0n) is 9.25. The van der Waals surface area contributed by atoms with Crippen LogP contribution < -0.4 is 5.32 Å². The Labute approximate surface area is 107 Å². The van der Waals surface area contributed by atoms with Gasteiger partial charge in [-0.2, -0.15) is 10.4 Å². The maximum Gasteiger partial charge on any atom is 0.277 e. The van der Waals surface area contributed by atoms with Gasteiger partial charge in [0.05, 0.1) is 0 Å². The summed E-state index contributed by atoms with van der Waals surface area (Å²) in [7, 11) is 1.65. The van der Waals surface area contributed by atoms with Crippen LogP contribution in [0.25, 0.3) is 0 Å². The number of carbonyl (C=O) groups excluding carboxylic acids is 1. The minimum Gasteiger partial charge on any atom is -0.303 e. The zero-order valence-corrected chi connectivity index (χ0v) is 10.0. The van der Waals surface area contributed by atoms with Crippen LogP contribution in [0.5, 0.6) is 0 Å². The van der Waals surface area contributed by atoms with Crippen molar-refractivity contribution < 1.29 is 4.79 Å². The van der Waals surface area contributed by atoms with Crippen LogP contribution in [0, 0.1) is 11.3 Å². The fourth-order valence-corrected chi connectivity index (χ4v) is 1.37. The monoisotopic (exact) mass is 262 g/mol. The van der Waals surface area contributed by atoms with Crippen molar-refractivity contribution in [1.82, 2.24) is 20.0 Å². The van der Waals surface area contributed by atoms with Gasteiger partial charge in [0.2, 0.25) is 0 Å². The van der Waals surface area contributed by atoms with Gasteiger partial charge in [-0.1, -0.05) is 11.6 Å². The van der Waals surface area contributed by atoms with Crippen molar-refractivity contribution in [1.29, 1.82) is 5.26 Å². The molecule has 0 unspecified atom stereocenters. The van der Waals surface area contributed by atoms with Crippen molar-refractivity contribution >= 4 is 23.3 Å². The van der Waals surface area contributed by atoms with Crippen molar-refractivity contribution in [3.63, 3.8) is 0 Å². The number of nitrogens with one attached hydrogen (secondary N) is 1. The van der Waals surface area contributed by atoms with Crippen molar-refractivity contribution in [2.24, 2.45) is 7.05 Å². The van der Waals surface area contributed by atoms with Gasteiger partial charge in [-0.05, 0) is 12.1 Å². The Bertz CT molecular complexity index is 627. The van der Waals surface area contributed by atoms with Gasteiger partial charge in [0.1, 0.15) is 11.6 Å². The molecule has 2 aromatic heterocycles. The molecule has 90 valence electrons. The van der Waals surface area contributed by atoms with Crippen LogP contribution in [0.4, 0.5) is 5.82 Å². The molecule has 18 heavy (non-hydrogen) atoms. The molecule has 1 N–H and O–H groups in total. The van der Waals surface area contributed by atoms with E-state index >= 15 is 0 Å². The lowest BCUT2D eigenvalue weighted by Gasteiger charge is -2.00. The van der Waals surface area contributed by atoms with Gasteiger partial charge < -0.3 is 5.32 Å². The summed E-state index contributed by atoms with van der Waals surface area (Å²) in [6.07, 6.45) is 1.50. The average Bonchev–Trinajstić information content (AvgIpc) is 2.70. The third-order valence-corrected chi connectivity index (χ3v) is 2.25. The molecule has 0 atom stereocenters.